The maximum atomic E-state index is 12.9. The molecule has 1 aliphatic rings. The summed E-state index contributed by atoms with van der Waals surface area (Å²) in [6, 6.07) is 10.9. The van der Waals surface area contributed by atoms with Gasteiger partial charge in [-0.1, -0.05) is 36.7 Å². The van der Waals surface area contributed by atoms with Crippen LogP contribution in [0.5, 0.6) is 11.5 Å². The van der Waals surface area contributed by atoms with E-state index in [1.54, 1.807) is 37.3 Å². The second-order valence-electron chi connectivity index (χ2n) is 8.10. The molecule has 36 heavy (non-hydrogen) atoms. The fourth-order valence-electron chi connectivity index (χ4n) is 3.39. The molecule has 0 unspecified atom stereocenters. The van der Waals surface area contributed by atoms with Gasteiger partial charge in [-0.05, 0) is 73.0 Å². The van der Waals surface area contributed by atoms with E-state index in [9.17, 15) is 14.4 Å². The third-order valence-electron chi connectivity index (χ3n) is 5.40. The molecule has 2 amide bonds. The molecule has 3 rings (SSSR count). The van der Waals surface area contributed by atoms with Gasteiger partial charge in [-0.3, -0.25) is 19.3 Å². The van der Waals surface area contributed by atoms with Gasteiger partial charge in [0, 0.05) is 10.6 Å². The molecule has 0 saturated carbocycles. The lowest BCUT2D eigenvalue weighted by atomic mass is 10.0. The van der Waals surface area contributed by atoms with Crippen LogP contribution in [0.15, 0.2) is 54.0 Å². The number of esters is 1. The average molecular weight is 530 g/mol. The summed E-state index contributed by atoms with van der Waals surface area (Å²) in [5.74, 6) is -0.125. The number of allylic oxidation sites excluding steroid dienone is 1. The van der Waals surface area contributed by atoms with E-state index in [0.29, 0.717) is 41.5 Å². The van der Waals surface area contributed by atoms with Crippen molar-refractivity contribution in [2.75, 3.05) is 13.7 Å². The summed E-state index contributed by atoms with van der Waals surface area (Å²) in [6.45, 7) is 7.34. The van der Waals surface area contributed by atoms with Crippen molar-refractivity contribution in [2.45, 2.75) is 39.4 Å². The first-order chi connectivity index (χ1) is 17.2. The number of rotatable bonds is 11. The number of imide groups is 1. The third-order valence-corrected chi connectivity index (χ3v) is 6.56. The quantitative estimate of drug-likeness (QED) is 0.199. The molecule has 0 spiro atoms. The molecule has 7 nitrogen and oxygen atoms in total. The number of amides is 2. The maximum absolute atomic E-state index is 12.9. The van der Waals surface area contributed by atoms with Crippen molar-refractivity contribution in [1.82, 2.24) is 4.90 Å². The Morgan fingerprint density at radius 2 is 1.94 bits per heavy atom. The van der Waals surface area contributed by atoms with Gasteiger partial charge in [0.1, 0.15) is 13.2 Å². The van der Waals surface area contributed by atoms with Gasteiger partial charge in [-0.25, -0.2) is 0 Å². The van der Waals surface area contributed by atoms with Gasteiger partial charge >= 0.3 is 5.97 Å². The smallest absolute Gasteiger partial charge is 0.326 e. The number of hydrogen-bond acceptors (Lipinski definition) is 7. The molecule has 0 bridgehead atoms. The van der Waals surface area contributed by atoms with Crippen LogP contribution in [0, 0.1) is 0 Å². The van der Waals surface area contributed by atoms with Crippen molar-refractivity contribution in [2.24, 2.45) is 0 Å². The first kappa shape index (κ1) is 27.4. The van der Waals surface area contributed by atoms with E-state index in [0.717, 1.165) is 27.8 Å². The van der Waals surface area contributed by atoms with Crippen molar-refractivity contribution in [3.63, 3.8) is 0 Å². The highest BCUT2D eigenvalue weighted by Gasteiger charge is 2.37. The summed E-state index contributed by atoms with van der Waals surface area (Å²) >= 11 is 6.74. The molecular formula is C27H28ClNO6S. The molecule has 190 valence electrons. The van der Waals surface area contributed by atoms with Crippen LogP contribution in [-0.4, -0.2) is 41.8 Å². The van der Waals surface area contributed by atoms with Crippen LogP contribution in [0.3, 0.4) is 0 Å². The van der Waals surface area contributed by atoms with Gasteiger partial charge < -0.3 is 14.2 Å². The van der Waals surface area contributed by atoms with Crippen molar-refractivity contribution >= 4 is 46.6 Å². The van der Waals surface area contributed by atoms with E-state index in [2.05, 4.69) is 6.58 Å². The molecular weight excluding hydrogens is 502 g/mol. The average Bonchev–Trinajstić information content (AvgIpc) is 3.11. The molecule has 1 atom stereocenters. The second kappa shape index (κ2) is 12.6. The van der Waals surface area contributed by atoms with E-state index < -0.39 is 23.7 Å². The molecule has 2 aromatic rings. The predicted octanol–water partition coefficient (Wildman–Crippen LogP) is 6.03. The number of nitrogens with zero attached hydrogens (tertiary/aromatic N) is 1. The fourth-order valence-corrected chi connectivity index (χ4v) is 4.35. The van der Waals surface area contributed by atoms with Crippen LogP contribution < -0.4 is 9.47 Å². The van der Waals surface area contributed by atoms with Crippen LogP contribution in [0.4, 0.5) is 4.79 Å². The largest absolute Gasteiger partial charge is 0.493 e. The molecule has 1 fully saturated rings. The molecule has 1 heterocycles. The van der Waals surface area contributed by atoms with Crippen molar-refractivity contribution in [1.29, 1.82) is 0 Å². The number of halogens is 1. The zero-order valence-corrected chi connectivity index (χ0v) is 22.0. The van der Waals surface area contributed by atoms with Crippen LogP contribution in [0.2, 0.25) is 5.02 Å². The van der Waals surface area contributed by atoms with E-state index >= 15 is 0 Å². The first-order valence-corrected chi connectivity index (χ1v) is 12.6. The minimum Gasteiger partial charge on any atom is -0.493 e. The lowest BCUT2D eigenvalue weighted by Gasteiger charge is -2.16. The zero-order chi connectivity index (χ0) is 26.2. The lowest BCUT2D eigenvalue weighted by Crippen LogP contribution is -2.35. The summed E-state index contributed by atoms with van der Waals surface area (Å²) in [5.41, 5.74) is 2.40. The van der Waals surface area contributed by atoms with E-state index in [-0.39, 0.29) is 11.0 Å². The van der Waals surface area contributed by atoms with Gasteiger partial charge in [0.15, 0.2) is 11.5 Å². The lowest BCUT2D eigenvalue weighted by molar-refractivity contribution is -0.150. The predicted molar refractivity (Wildman–Crippen MR) is 141 cm³/mol. The van der Waals surface area contributed by atoms with Crippen molar-refractivity contribution in [3.8, 4) is 11.5 Å². The molecule has 0 aromatic heterocycles. The molecule has 0 radical (unpaired) electrons. The van der Waals surface area contributed by atoms with Crippen LogP contribution >= 0.6 is 23.4 Å². The summed E-state index contributed by atoms with van der Waals surface area (Å²) in [6.07, 6.45) is 4.19. The Kier molecular flexibility index (Phi) is 9.61. The number of carbonyl (C=O) groups excluding carboxylic acids is 3. The topological polar surface area (TPSA) is 82.1 Å². The van der Waals surface area contributed by atoms with Crippen molar-refractivity contribution < 1.29 is 28.6 Å². The Bertz CT molecular complexity index is 1180. The van der Waals surface area contributed by atoms with E-state index in [1.165, 1.54) is 7.11 Å². The summed E-state index contributed by atoms with van der Waals surface area (Å²) in [5, 5.41) is 0.124. The SMILES string of the molecule is C=CCc1cc(/C=C2\SC(=O)N(CC(=O)O[C@H](C)CC)C2=O)cc(OC)c1OCc1ccc(Cl)cc1. The van der Waals surface area contributed by atoms with Gasteiger partial charge in [-0.15, -0.1) is 6.58 Å². The van der Waals surface area contributed by atoms with Crippen molar-refractivity contribution in [3.05, 3.63) is 75.7 Å². The Balaban J connectivity index is 1.83. The highest BCUT2D eigenvalue weighted by molar-refractivity contribution is 8.18. The summed E-state index contributed by atoms with van der Waals surface area (Å²) < 4.78 is 16.9. The fraction of sp³-hybridized carbons (Fsp3) is 0.296. The summed E-state index contributed by atoms with van der Waals surface area (Å²) in [7, 11) is 1.53. The molecule has 0 aliphatic carbocycles. The monoisotopic (exact) mass is 529 g/mol. The van der Waals surface area contributed by atoms with Gasteiger partial charge in [0.25, 0.3) is 11.1 Å². The number of thioether (sulfide) groups is 1. The molecule has 1 saturated heterocycles. The third kappa shape index (κ3) is 6.92. The van der Waals surface area contributed by atoms with Gasteiger partial charge in [0.2, 0.25) is 0 Å². The number of methoxy groups -OCH3 is 1. The Hall–Kier alpha value is -3.23. The first-order valence-electron chi connectivity index (χ1n) is 11.4. The highest BCUT2D eigenvalue weighted by Crippen LogP contribution is 2.37. The van der Waals surface area contributed by atoms with Gasteiger partial charge in [-0.2, -0.15) is 0 Å². The van der Waals surface area contributed by atoms with Crippen LogP contribution in [-0.2, 0) is 27.4 Å². The zero-order valence-electron chi connectivity index (χ0n) is 20.4. The number of ether oxygens (including phenoxy) is 3. The molecule has 0 N–H and O–H groups in total. The van der Waals surface area contributed by atoms with Gasteiger partial charge in [0.05, 0.1) is 18.1 Å². The Labute approximate surface area is 220 Å². The van der Waals surface area contributed by atoms with Crippen LogP contribution in [0.1, 0.15) is 37.0 Å². The maximum Gasteiger partial charge on any atom is 0.326 e. The molecule has 1 aliphatic heterocycles. The summed E-state index contributed by atoms with van der Waals surface area (Å²) in [4.78, 5) is 38.5. The normalized spacial score (nSPS) is 15.2. The van der Waals surface area contributed by atoms with E-state index in [4.69, 9.17) is 25.8 Å². The second-order valence-corrected chi connectivity index (χ2v) is 9.53. The van der Waals surface area contributed by atoms with Crippen LogP contribution in [0.25, 0.3) is 6.08 Å². The molecule has 2 aromatic carbocycles. The number of hydrogen-bond donors (Lipinski definition) is 0. The standard InChI is InChI=1S/C27H28ClNO6S/c1-5-7-20-12-19(13-22(33-4)25(20)34-16-18-8-10-21(28)11-9-18)14-23-26(31)29(27(32)36-23)15-24(30)35-17(3)6-2/h5,8-14,17H,1,6-7,15-16H2,2-4H3/b23-14-/t17-/m1/s1. The highest BCUT2D eigenvalue weighted by atomic mass is 35.5. The minimum atomic E-state index is -0.620. The minimum absolute atomic E-state index is 0.206. The Morgan fingerprint density at radius 1 is 1.22 bits per heavy atom. The Morgan fingerprint density at radius 3 is 2.58 bits per heavy atom. The molecule has 9 heteroatoms. The van der Waals surface area contributed by atoms with E-state index in [1.807, 2.05) is 25.1 Å². The number of benzene rings is 2. The number of carbonyl (C=O) groups is 3.